The van der Waals surface area contributed by atoms with E-state index >= 15 is 0 Å². The van der Waals surface area contributed by atoms with Crippen LogP contribution in [0.15, 0.2) is 291 Å². The topological polar surface area (TPSA) is 29.2 Å². The number of nitrogens with zero attached hydrogens (tertiary/aromatic N) is 5. The van der Waals surface area contributed by atoms with Crippen molar-refractivity contribution in [3.05, 3.63) is 302 Å². The molecule has 8 heteroatoms. The Kier molecular flexibility index (Phi) is 10.9. The third-order valence-electron chi connectivity index (χ3n) is 20.8. The van der Waals surface area contributed by atoms with Crippen LogP contribution in [0.4, 0.5) is 34.1 Å². The first-order chi connectivity index (χ1) is 51.7. The van der Waals surface area contributed by atoms with Gasteiger partial charge in [0.2, 0.25) is 0 Å². The van der Waals surface area contributed by atoms with Gasteiger partial charge in [-0.2, -0.15) is 0 Å². The fourth-order valence-electron chi connectivity index (χ4n) is 16.1. The number of hydrogen-bond acceptors (Lipinski definition) is 5. The van der Waals surface area contributed by atoms with Gasteiger partial charge in [0.25, 0.3) is 6.71 Å². The van der Waals surface area contributed by atoms with Gasteiger partial charge in [0, 0.05) is 113 Å². The lowest BCUT2D eigenvalue weighted by Gasteiger charge is -2.45. The predicted octanol–water partition coefficient (Wildman–Crippen LogP) is 23.7. The standard InChI is InChI=1S/C91H66BN5S2/c1-90(2,3)58-36-42-76(69(50-58)55-22-9-7-10-23-55)96-78-52-60(94-73-32-17-13-26-63(73)64-27-14-18-33-74(64)94)38-40-71(78)92-72-41-39-61(95-75-34-19-15-28-65(75)66-46-47-93-54-82(66)95)53-79(72)97(77-43-37-59(91(4,5)6)51-70(77)56-24-11-8-12-25-56)81-49-57(48-80(96)88(81)92)62-30-21-31-68-87-85(99-89(62)68)45-44-84-86(87)67-29-16-20-35-83(67)98-84/h7-54H,1-6H3/i13D,14D,17D,18D,26D,27D,32D,33D. The molecule has 2 aliphatic heterocycles. The number of pyridine rings is 1. The van der Waals surface area contributed by atoms with Gasteiger partial charge in [-0.05, 0) is 164 Å². The zero-order chi connectivity index (χ0) is 73.1. The van der Waals surface area contributed by atoms with Crippen LogP contribution in [-0.4, -0.2) is 20.8 Å². The Balaban J connectivity index is 0.971. The van der Waals surface area contributed by atoms with E-state index in [4.69, 9.17) is 7.73 Å². The second-order valence-electron chi connectivity index (χ2n) is 28.4. The van der Waals surface area contributed by atoms with Crippen LogP contribution in [0.2, 0.25) is 0 Å². The minimum atomic E-state index is -0.496. The Labute approximate surface area is 594 Å². The summed E-state index contributed by atoms with van der Waals surface area (Å²) in [6.07, 6.45) is 3.83. The molecule has 13 aromatic carbocycles. The predicted molar refractivity (Wildman–Crippen MR) is 426 cm³/mol. The number of rotatable bonds is 7. The molecular weight excluding hydrogens is 1240 g/mol. The highest BCUT2D eigenvalue weighted by molar-refractivity contribution is 7.28. The van der Waals surface area contributed by atoms with Crippen LogP contribution in [-0.2, 0) is 10.8 Å². The van der Waals surface area contributed by atoms with Crippen LogP contribution >= 0.6 is 22.7 Å². The van der Waals surface area contributed by atoms with E-state index in [0.29, 0.717) is 5.69 Å². The molecule has 2 aliphatic rings. The third-order valence-corrected chi connectivity index (χ3v) is 23.1. The number of hydrogen-bond donors (Lipinski definition) is 0. The van der Waals surface area contributed by atoms with Gasteiger partial charge in [0.15, 0.2) is 0 Å². The molecule has 0 aliphatic carbocycles. The van der Waals surface area contributed by atoms with Crippen LogP contribution in [0, 0.1) is 0 Å². The molecule has 0 unspecified atom stereocenters. The monoisotopic (exact) mass is 1310 g/mol. The van der Waals surface area contributed by atoms with Gasteiger partial charge in [-0.1, -0.05) is 217 Å². The van der Waals surface area contributed by atoms with Gasteiger partial charge >= 0.3 is 0 Å². The summed E-state index contributed by atoms with van der Waals surface area (Å²) in [5, 5.41) is 7.16. The Bertz CT molecular complexity index is 6800. The molecule has 18 aromatic rings. The Morgan fingerprint density at radius 2 is 0.879 bits per heavy atom. The maximum atomic E-state index is 9.80. The summed E-state index contributed by atoms with van der Waals surface area (Å²) in [6.45, 7) is 13.1. The fourth-order valence-corrected chi connectivity index (χ4v) is 18.5. The van der Waals surface area contributed by atoms with Gasteiger partial charge < -0.3 is 18.9 Å². The lowest BCUT2D eigenvalue weighted by molar-refractivity contribution is 0.590. The van der Waals surface area contributed by atoms with Gasteiger partial charge in [-0.15, -0.1) is 22.7 Å². The first kappa shape index (κ1) is 50.1. The Morgan fingerprint density at radius 3 is 1.48 bits per heavy atom. The minimum absolute atomic E-state index is 0.0150. The SMILES string of the molecule is [2H]c1c([2H])c([2H])c2c(c1[2H])c1c([2H])c([2H])c([2H])c([2H])c1n2-c1ccc2c(c1)N(c1ccc(C(C)(C)C)cc1-c1ccccc1)c1cc(-c3cccc4c3sc3ccc5sc6ccccc6c5c34)cc3c1B2c1ccc(-n2c4ccccc4c4ccncc42)cc1N3c1ccc(C(C)(C)C)cc1-c1ccccc1. The van der Waals surface area contributed by atoms with Crippen molar-refractivity contribution < 1.29 is 11.0 Å². The van der Waals surface area contributed by atoms with Gasteiger partial charge in [0.1, 0.15) is 0 Å². The molecular formula is C91H66BN5S2. The maximum Gasteiger partial charge on any atom is 0.252 e. The molecule has 20 rings (SSSR count). The summed E-state index contributed by atoms with van der Waals surface area (Å²) >= 11 is 3.66. The highest BCUT2D eigenvalue weighted by Gasteiger charge is 2.45. The average Bonchev–Trinajstić information content (AvgIpc) is 1.19. The normalized spacial score (nSPS) is 14.2. The van der Waals surface area contributed by atoms with E-state index in [0.717, 1.165) is 122 Å². The molecule has 0 amide bonds. The molecule has 0 atom stereocenters. The first-order valence-corrected chi connectivity index (χ1v) is 35.4. The van der Waals surface area contributed by atoms with Crippen molar-refractivity contribution in [2.75, 3.05) is 9.80 Å². The largest absolute Gasteiger partial charge is 0.311 e. The molecule has 5 nitrogen and oxygen atoms in total. The molecule has 0 radical (unpaired) electrons. The molecule has 7 heterocycles. The molecule has 0 saturated carbocycles. The summed E-state index contributed by atoms with van der Waals surface area (Å²) in [5.41, 5.74) is 20.0. The molecule has 5 aromatic heterocycles. The highest BCUT2D eigenvalue weighted by Crippen LogP contribution is 2.54. The van der Waals surface area contributed by atoms with Crippen molar-refractivity contribution in [1.29, 1.82) is 0 Å². The van der Waals surface area contributed by atoms with E-state index in [1.165, 1.54) is 41.2 Å². The number of anilines is 6. The Morgan fingerprint density at radius 1 is 0.364 bits per heavy atom. The zero-order valence-electron chi connectivity index (χ0n) is 63.2. The summed E-state index contributed by atoms with van der Waals surface area (Å²) in [4.78, 5) is 9.73. The minimum Gasteiger partial charge on any atom is -0.311 e. The summed E-state index contributed by atoms with van der Waals surface area (Å²) in [7, 11) is 0. The first-order valence-electron chi connectivity index (χ1n) is 37.8. The molecule has 0 spiro atoms. The maximum absolute atomic E-state index is 9.80. The number of para-hydroxylation sites is 3. The van der Waals surface area contributed by atoms with Crippen molar-refractivity contribution in [2.45, 2.75) is 52.4 Å². The van der Waals surface area contributed by atoms with E-state index in [1.54, 1.807) is 4.57 Å². The lowest BCUT2D eigenvalue weighted by Crippen LogP contribution is -2.61. The number of aromatic nitrogens is 3. The van der Waals surface area contributed by atoms with Gasteiger partial charge in [-0.3, -0.25) is 4.98 Å². The van der Waals surface area contributed by atoms with Crippen LogP contribution in [0.1, 0.15) is 63.6 Å². The van der Waals surface area contributed by atoms with Crippen LogP contribution in [0.25, 0.3) is 129 Å². The number of fused-ring (bicyclic) bond motifs is 17. The molecule has 470 valence electrons. The van der Waals surface area contributed by atoms with E-state index in [1.807, 2.05) is 47.2 Å². The molecule has 0 N–H and O–H groups in total. The zero-order valence-corrected chi connectivity index (χ0v) is 56.9. The highest BCUT2D eigenvalue weighted by atomic mass is 32.1. The van der Waals surface area contributed by atoms with E-state index in [-0.39, 0.29) is 56.8 Å². The average molecular weight is 1310 g/mol. The summed E-state index contributed by atoms with van der Waals surface area (Å²) < 4.78 is 84.1. The van der Waals surface area contributed by atoms with Crippen molar-refractivity contribution in [1.82, 2.24) is 14.1 Å². The number of thiophene rings is 2. The summed E-state index contributed by atoms with van der Waals surface area (Å²) in [6, 6.07) is 80.6. The molecule has 0 bridgehead atoms. The summed E-state index contributed by atoms with van der Waals surface area (Å²) in [5.74, 6) is 0. The second-order valence-corrected chi connectivity index (χ2v) is 30.6. The smallest absolute Gasteiger partial charge is 0.252 e. The van der Waals surface area contributed by atoms with E-state index < -0.39 is 30.9 Å². The molecule has 99 heavy (non-hydrogen) atoms. The molecule has 0 saturated heterocycles. The van der Waals surface area contributed by atoms with E-state index in [2.05, 4.69) is 274 Å². The third kappa shape index (κ3) is 8.75. The number of benzene rings is 13. The van der Waals surface area contributed by atoms with Gasteiger partial charge in [-0.25, -0.2) is 0 Å². The van der Waals surface area contributed by atoms with Crippen molar-refractivity contribution >= 4 is 164 Å². The van der Waals surface area contributed by atoms with Crippen LogP contribution in [0.5, 0.6) is 0 Å². The van der Waals surface area contributed by atoms with Crippen LogP contribution in [0.3, 0.4) is 0 Å². The molecule has 0 fully saturated rings. The van der Waals surface area contributed by atoms with Crippen molar-refractivity contribution in [3.8, 4) is 44.8 Å². The van der Waals surface area contributed by atoms with E-state index in [9.17, 15) is 8.22 Å². The Hall–Kier alpha value is -11.3. The van der Waals surface area contributed by atoms with Crippen molar-refractivity contribution in [2.24, 2.45) is 0 Å². The second kappa shape index (κ2) is 21.6. The van der Waals surface area contributed by atoms with Crippen LogP contribution < -0.4 is 26.2 Å². The lowest BCUT2D eigenvalue weighted by atomic mass is 9.33. The fraction of sp³-hybridized carbons (Fsp3) is 0.0879. The quantitative estimate of drug-likeness (QED) is 0.149. The van der Waals surface area contributed by atoms with Crippen molar-refractivity contribution in [3.63, 3.8) is 0 Å². The van der Waals surface area contributed by atoms with Gasteiger partial charge in [0.05, 0.1) is 50.6 Å².